The highest BCUT2D eigenvalue weighted by Crippen LogP contribution is 2.29. The molecule has 0 radical (unpaired) electrons. The third kappa shape index (κ3) is 4.29. The van der Waals surface area contributed by atoms with Crippen molar-refractivity contribution in [1.29, 1.82) is 0 Å². The van der Waals surface area contributed by atoms with E-state index in [4.69, 9.17) is 9.84 Å². The fraction of sp³-hybridized carbons (Fsp3) is 0.500. The Hall–Kier alpha value is -1.88. The summed E-state index contributed by atoms with van der Waals surface area (Å²) in [4.78, 5) is 24.7. The van der Waals surface area contributed by atoms with Gasteiger partial charge in [-0.3, -0.25) is 9.69 Å². The summed E-state index contributed by atoms with van der Waals surface area (Å²) in [7, 11) is 1.41. The molecule has 0 aromatic heterocycles. The predicted molar refractivity (Wildman–Crippen MR) is 78.0 cm³/mol. The van der Waals surface area contributed by atoms with Crippen LogP contribution in [0.15, 0.2) is 24.3 Å². The second-order valence-electron chi connectivity index (χ2n) is 5.59. The van der Waals surface area contributed by atoms with Crippen LogP contribution >= 0.6 is 0 Å². The first kappa shape index (κ1) is 15.5. The molecule has 0 bridgehead atoms. The Morgan fingerprint density at radius 3 is 2.43 bits per heavy atom. The molecule has 0 amide bonds. The third-order valence-corrected chi connectivity index (χ3v) is 3.76. The number of ether oxygens (including phenoxy) is 1. The van der Waals surface area contributed by atoms with Gasteiger partial charge in [0.05, 0.1) is 18.6 Å². The van der Waals surface area contributed by atoms with Crippen LogP contribution in [0.1, 0.15) is 35.7 Å². The average molecular weight is 291 g/mol. The Kier molecular flexibility index (Phi) is 4.96. The van der Waals surface area contributed by atoms with Crippen molar-refractivity contribution < 1.29 is 19.4 Å². The zero-order chi connectivity index (χ0) is 15.4. The Balaban J connectivity index is 1.99. The first-order valence-corrected chi connectivity index (χ1v) is 7.15. The van der Waals surface area contributed by atoms with Crippen molar-refractivity contribution in [3.05, 3.63) is 35.4 Å². The highest BCUT2D eigenvalue weighted by Gasteiger charge is 2.31. The smallest absolute Gasteiger partial charge is 0.335 e. The Bertz CT molecular complexity index is 508. The zero-order valence-electron chi connectivity index (χ0n) is 12.4. The summed E-state index contributed by atoms with van der Waals surface area (Å²) in [5.74, 6) is -1.27. The molecule has 0 aliphatic heterocycles. The van der Waals surface area contributed by atoms with Crippen LogP contribution in [0, 0.1) is 5.92 Å². The van der Waals surface area contributed by atoms with E-state index in [-0.39, 0.29) is 11.9 Å². The number of carbonyl (C=O) groups is 2. The van der Waals surface area contributed by atoms with E-state index in [1.807, 2.05) is 19.1 Å². The zero-order valence-corrected chi connectivity index (χ0v) is 12.4. The maximum absolute atomic E-state index is 11.5. The molecule has 1 fully saturated rings. The molecular formula is C16H21NO4. The van der Waals surface area contributed by atoms with Crippen LogP contribution in [0.5, 0.6) is 0 Å². The van der Waals surface area contributed by atoms with Gasteiger partial charge < -0.3 is 9.84 Å². The molecule has 1 aliphatic carbocycles. The van der Waals surface area contributed by atoms with Crippen LogP contribution in [0.3, 0.4) is 0 Å². The number of carboxylic acids is 1. The van der Waals surface area contributed by atoms with Gasteiger partial charge in [-0.1, -0.05) is 19.1 Å². The number of esters is 1. The summed E-state index contributed by atoms with van der Waals surface area (Å²) in [5.41, 5.74) is 1.35. The Morgan fingerprint density at radius 1 is 1.33 bits per heavy atom. The van der Waals surface area contributed by atoms with Gasteiger partial charge in [-0.05, 0) is 30.5 Å². The molecule has 0 saturated heterocycles. The van der Waals surface area contributed by atoms with Crippen molar-refractivity contribution in [2.75, 3.05) is 13.7 Å². The molecular weight excluding hydrogens is 270 g/mol. The highest BCUT2D eigenvalue weighted by molar-refractivity contribution is 5.87. The number of carbonyl (C=O) groups excluding carboxylic acids is 1. The number of aromatic carboxylic acids is 1. The van der Waals surface area contributed by atoms with Gasteiger partial charge in [-0.15, -0.1) is 0 Å². The number of benzene rings is 1. The second kappa shape index (κ2) is 6.72. The maximum Gasteiger partial charge on any atom is 0.335 e. The van der Waals surface area contributed by atoms with Gasteiger partial charge in [0.15, 0.2) is 0 Å². The number of nitrogens with zero attached hydrogens (tertiary/aromatic N) is 1. The van der Waals surface area contributed by atoms with Gasteiger partial charge in [0, 0.05) is 19.1 Å². The van der Waals surface area contributed by atoms with E-state index in [0.29, 0.717) is 18.2 Å². The molecule has 0 heterocycles. The lowest BCUT2D eigenvalue weighted by Gasteiger charge is -2.24. The Labute approximate surface area is 124 Å². The predicted octanol–water partition coefficient (Wildman–Crippen LogP) is 2.16. The first-order chi connectivity index (χ1) is 10.0. The van der Waals surface area contributed by atoms with Crippen molar-refractivity contribution in [3.8, 4) is 0 Å². The van der Waals surface area contributed by atoms with Crippen LogP contribution in [0.2, 0.25) is 0 Å². The van der Waals surface area contributed by atoms with E-state index in [2.05, 4.69) is 4.90 Å². The molecule has 1 aromatic carbocycles. The molecule has 5 nitrogen and oxygen atoms in total. The normalized spacial score (nSPS) is 15.8. The van der Waals surface area contributed by atoms with Gasteiger partial charge in [-0.2, -0.15) is 0 Å². The largest absolute Gasteiger partial charge is 0.478 e. The van der Waals surface area contributed by atoms with E-state index >= 15 is 0 Å². The van der Waals surface area contributed by atoms with E-state index in [1.165, 1.54) is 7.11 Å². The second-order valence-corrected chi connectivity index (χ2v) is 5.59. The molecule has 1 aliphatic rings. The highest BCUT2D eigenvalue weighted by atomic mass is 16.5. The SMILES string of the molecule is COC(=O)C(C)CN(Cc1ccc(C(=O)O)cc1)C1CC1. The molecule has 1 saturated carbocycles. The average Bonchev–Trinajstić information content (AvgIpc) is 3.30. The lowest BCUT2D eigenvalue weighted by Crippen LogP contribution is -2.33. The standard InChI is InChI=1S/C16H21NO4/c1-11(16(20)21-2)9-17(14-7-8-14)10-12-3-5-13(6-4-12)15(18)19/h3-6,11,14H,7-10H2,1-2H3,(H,18,19). The summed E-state index contributed by atoms with van der Waals surface area (Å²) >= 11 is 0. The maximum atomic E-state index is 11.5. The monoisotopic (exact) mass is 291 g/mol. The van der Waals surface area contributed by atoms with Crippen LogP contribution in [0.4, 0.5) is 0 Å². The first-order valence-electron chi connectivity index (χ1n) is 7.15. The lowest BCUT2D eigenvalue weighted by molar-refractivity contribution is -0.145. The summed E-state index contributed by atoms with van der Waals surface area (Å²) in [5, 5.41) is 8.90. The number of rotatable bonds is 7. The molecule has 1 unspecified atom stereocenters. The topological polar surface area (TPSA) is 66.8 Å². The van der Waals surface area contributed by atoms with Crippen LogP contribution < -0.4 is 0 Å². The van der Waals surface area contributed by atoms with Gasteiger partial charge in [0.1, 0.15) is 0 Å². The number of hydrogen-bond acceptors (Lipinski definition) is 4. The quantitative estimate of drug-likeness (QED) is 0.780. The van der Waals surface area contributed by atoms with Crippen molar-refractivity contribution in [2.45, 2.75) is 32.4 Å². The van der Waals surface area contributed by atoms with Crippen LogP contribution in [-0.2, 0) is 16.1 Å². The van der Waals surface area contributed by atoms with Crippen molar-refractivity contribution in [1.82, 2.24) is 4.90 Å². The molecule has 1 aromatic rings. The molecule has 5 heteroatoms. The van der Waals surface area contributed by atoms with Gasteiger partial charge in [0.2, 0.25) is 0 Å². The van der Waals surface area contributed by atoms with Crippen molar-refractivity contribution in [2.24, 2.45) is 5.92 Å². The van der Waals surface area contributed by atoms with Gasteiger partial charge in [0.25, 0.3) is 0 Å². The van der Waals surface area contributed by atoms with Crippen molar-refractivity contribution in [3.63, 3.8) is 0 Å². The van der Waals surface area contributed by atoms with E-state index in [0.717, 1.165) is 24.9 Å². The van der Waals surface area contributed by atoms with E-state index < -0.39 is 5.97 Å². The van der Waals surface area contributed by atoms with Crippen molar-refractivity contribution >= 4 is 11.9 Å². The molecule has 0 spiro atoms. The number of methoxy groups -OCH3 is 1. The fourth-order valence-corrected chi connectivity index (χ4v) is 2.40. The number of carboxylic acid groups (broad SMARTS) is 1. The lowest BCUT2D eigenvalue weighted by atomic mass is 10.1. The van der Waals surface area contributed by atoms with Gasteiger partial charge in [-0.25, -0.2) is 4.79 Å². The molecule has 2 rings (SSSR count). The Morgan fingerprint density at radius 2 is 1.95 bits per heavy atom. The van der Waals surface area contributed by atoms with Crippen LogP contribution in [-0.4, -0.2) is 41.6 Å². The minimum absolute atomic E-state index is 0.158. The van der Waals surface area contributed by atoms with Gasteiger partial charge >= 0.3 is 11.9 Å². The molecule has 21 heavy (non-hydrogen) atoms. The fourth-order valence-electron chi connectivity index (χ4n) is 2.40. The number of hydrogen-bond donors (Lipinski definition) is 1. The minimum Gasteiger partial charge on any atom is -0.478 e. The third-order valence-electron chi connectivity index (χ3n) is 3.76. The summed E-state index contributed by atoms with van der Waals surface area (Å²) < 4.78 is 4.77. The minimum atomic E-state index is -0.917. The molecule has 1 N–H and O–H groups in total. The summed E-state index contributed by atoms with van der Waals surface area (Å²) in [6.45, 7) is 3.26. The summed E-state index contributed by atoms with van der Waals surface area (Å²) in [6.07, 6.45) is 2.31. The molecule has 114 valence electrons. The van der Waals surface area contributed by atoms with Crippen LogP contribution in [0.25, 0.3) is 0 Å². The molecule has 1 atom stereocenters. The van der Waals surface area contributed by atoms with E-state index in [1.54, 1.807) is 12.1 Å². The summed E-state index contributed by atoms with van der Waals surface area (Å²) in [6, 6.07) is 7.43. The van der Waals surface area contributed by atoms with E-state index in [9.17, 15) is 9.59 Å².